The highest BCUT2D eigenvalue weighted by molar-refractivity contribution is 6.70. The van der Waals surface area contributed by atoms with Crippen LogP contribution in [0.15, 0.2) is 23.2 Å². The van der Waals surface area contributed by atoms with Crippen LogP contribution >= 0.6 is 0 Å². The Morgan fingerprint density at radius 3 is 2.53 bits per heavy atom. The van der Waals surface area contributed by atoms with Gasteiger partial charge in [-0.05, 0) is 57.1 Å². The molecule has 4 heteroatoms. The summed E-state index contributed by atoms with van der Waals surface area (Å²) >= 11 is 0. The van der Waals surface area contributed by atoms with Gasteiger partial charge in [0.2, 0.25) is 8.32 Å². The molecule has 0 N–H and O–H groups in total. The Hall–Kier alpha value is -1.29. The van der Waals surface area contributed by atoms with Crippen molar-refractivity contribution in [2.24, 2.45) is 4.99 Å². The molecule has 2 rings (SSSR count). The zero-order chi connectivity index (χ0) is 13.9. The molecule has 104 valence electrons. The van der Waals surface area contributed by atoms with Crippen LogP contribution in [0.3, 0.4) is 0 Å². The van der Waals surface area contributed by atoms with Gasteiger partial charge in [0, 0.05) is 13.1 Å². The Balaban J connectivity index is 2.19. The van der Waals surface area contributed by atoms with E-state index in [1.54, 1.807) is 0 Å². The molecule has 1 aromatic rings. The molecule has 0 amide bonds. The Morgan fingerprint density at radius 1 is 1.21 bits per heavy atom. The predicted octanol–water partition coefficient (Wildman–Crippen LogP) is 3.96. The maximum absolute atomic E-state index is 6.11. The van der Waals surface area contributed by atoms with Crippen molar-refractivity contribution in [3.8, 4) is 5.75 Å². The molecule has 0 unspecified atom stereocenters. The number of hydrogen-bond acceptors (Lipinski definition) is 2. The third-order valence-corrected chi connectivity index (χ3v) is 3.86. The van der Waals surface area contributed by atoms with Crippen LogP contribution in [0, 0.1) is 6.92 Å². The third kappa shape index (κ3) is 4.38. The van der Waals surface area contributed by atoms with Gasteiger partial charge in [0.25, 0.3) is 0 Å². The van der Waals surface area contributed by atoms with E-state index in [1.165, 1.54) is 18.4 Å². The van der Waals surface area contributed by atoms with E-state index in [0.29, 0.717) is 0 Å². The lowest BCUT2D eigenvalue weighted by molar-refractivity contribution is 0.534. The van der Waals surface area contributed by atoms with E-state index in [1.807, 2.05) is 12.4 Å². The van der Waals surface area contributed by atoms with Gasteiger partial charge in [-0.3, -0.25) is 0 Å². The molecule has 0 atom stereocenters. The molecule has 0 radical (unpaired) electrons. The minimum absolute atomic E-state index is 0.917. The lowest BCUT2D eigenvalue weighted by Crippen LogP contribution is -2.29. The van der Waals surface area contributed by atoms with Crippen LogP contribution in [0.4, 0.5) is 5.69 Å². The fraction of sp³-hybridized carbons (Fsp3) is 0.533. The van der Waals surface area contributed by atoms with Crippen LogP contribution in [0.5, 0.6) is 5.75 Å². The molecular weight excluding hydrogens is 252 g/mol. The highest BCUT2D eigenvalue weighted by Gasteiger charge is 2.18. The number of nitrogens with zero attached hydrogens (tertiary/aromatic N) is 2. The summed E-state index contributed by atoms with van der Waals surface area (Å²) in [5.41, 5.74) is 2.17. The molecule has 0 bridgehead atoms. The van der Waals surface area contributed by atoms with E-state index < -0.39 is 8.32 Å². The average molecular weight is 276 g/mol. The molecule has 0 spiro atoms. The van der Waals surface area contributed by atoms with Crippen molar-refractivity contribution in [2.45, 2.75) is 39.4 Å². The van der Waals surface area contributed by atoms with Crippen molar-refractivity contribution in [1.82, 2.24) is 4.90 Å². The van der Waals surface area contributed by atoms with Gasteiger partial charge in [0.05, 0.1) is 6.34 Å². The monoisotopic (exact) mass is 276 g/mol. The van der Waals surface area contributed by atoms with Crippen molar-refractivity contribution in [3.63, 3.8) is 0 Å². The second-order valence-corrected chi connectivity index (χ2v) is 10.6. The quantitative estimate of drug-likeness (QED) is 0.472. The first-order valence-electron chi connectivity index (χ1n) is 7.02. The van der Waals surface area contributed by atoms with Crippen LogP contribution in [0.1, 0.15) is 18.4 Å². The Bertz CT molecular complexity index is 460. The second kappa shape index (κ2) is 5.78. The van der Waals surface area contributed by atoms with Crippen molar-refractivity contribution in [3.05, 3.63) is 23.8 Å². The first kappa shape index (κ1) is 14.1. The molecule has 1 aliphatic heterocycles. The summed E-state index contributed by atoms with van der Waals surface area (Å²) < 4.78 is 6.11. The number of aliphatic imine (C=N–C) groups is 1. The smallest absolute Gasteiger partial charge is 0.242 e. The van der Waals surface area contributed by atoms with Gasteiger partial charge >= 0.3 is 0 Å². The zero-order valence-electron chi connectivity index (χ0n) is 12.4. The van der Waals surface area contributed by atoms with Gasteiger partial charge in [-0.15, -0.1) is 0 Å². The molecule has 0 saturated carbocycles. The summed E-state index contributed by atoms with van der Waals surface area (Å²) in [5, 5.41) is 0. The first-order chi connectivity index (χ1) is 8.94. The van der Waals surface area contributed by atoms with Gasteiger partial charge in [0.15, 0.2) is 0 Å². The molecule has 3 nitrogen and oxygen atoms in total. The van der Waals surface area contributed by atoms with E-state index in [2.05, 4.69) is 48.6 Å². The number of hydrogen-bond donors (Lipinski definition) is 0. The fourth-order valence-electron chi connectivity index (χ4n) is 2.15. The third-order valence-electron chi connectivity index (χ3n) is 3.03. The maximum Gasteiger partial charge on any atom is 0.242 e. The fourth-order valence-corrected chi connectivity index (χ4v) is 2.98. The maximum atomic E-state index is 6.11. The molecule has 1 saturated heterocycles. The summed E-state index contributed by atoms with van der Waals surface area (Å²) in [7, 11) is -1.59. The molecule has 0 aliphatic carbocycles. The van der Waals surface area contributed by atoms with Crippen molar-refractivity contribution >= 4 is 20.3 Å². The number of rotatable bonds is 4. The molecule has 1 heterocycles. The molecular formula is C15H24N2OSi. The molecule has 0 aromatic heterocycles. The van der Waals surface area contributed by atoms with Crippen LogP contribution in [-0.4, -0.2) is 32.6 Å². The van der Waals surface area contributed by atoms with E-state index in [-0.39, 0.29) is 0 Å². The van der Waals surface area contributed by atoms with Gasteiger partial charge in [0.1, 0.15) is 11.4 Å². The Kier molecular flexibility index (Phi) is 4.30. The average Bonchev–Trinajstić information content (AvgIpc) is 2.81. The summed E-state index contributed by atoms with van der Waals surface area (Å²) in [4.78, 5) is 6.91. The Morgan fingerprint density at radius 2 is 1.89 bits per heavy atom. The SMILES string of the molecule is Cc1ccc(O[Si](C)(C)C)c(N=CN2CCCC2)c1. The zero-order valence-corrected chi connectivity index (χ0v) is 13.4. The number of benzene rings is 1. The minimum Gasteiger partial charge on any atom is -0.543 e. The molecule has 1 fully saturated rings. The topological polar surface area (TPSA) is 24.8 Å². The molecule has 1 aliphatic rings. The first-order valence-corrected chi connectivity index (χ1v) is 10.4. The van der Waals surface area contributed by atoms with E-state index in [0.717, 1.165) is 24.5 Å². The van der Waals surface area contributed by atoms with Crippen molar-refractivity contribution in [1.29, 1.82) is 0 Å². The molecule has 1 aromatic carbocycles. The highest BCUT2D eigenvalue weighted by atomic mass is 28.4. The predicted molar refractivity (Wildman–Crippen MR) is 84.1 cm³/mol. The largest absolute Gasteiger partial charge is 0.543 e. The van der Waals surface area contributed by atoms with Crippen molar-refractivity contribution in [2.75, 3.05) is 13.1 Å². The summed E-state index contributed by atoms with van der Waals surface area (Å²) in [5.74, 6) is 0.917. The standard InChI is InChI=1S/C15H24N2OSi/c1-13-7-8-15(18-19(2,3)4)14(11-13)16-12-17-9-5-6-10-17/h7-8,11-12H,5-6,9-10H2,1-4H3. The van der Waals surface area contributed by atoms with Gasteiger partial charge < -0.3 is 9.33 Å². The normalized spacial score (nSPS) is 16.3. The number of likely N-dealkylation sites (tertiary alicyclic amines) is 1. The van der Waals surface area contributed by atoms with Crippen LogP contribution in [-0.2, 0) is 0 Å². The minimum atomic E-state index is -1.59. The van der Waals surface area contributed by atoms with Crippen LogP contribution < -0.4 is 4.43 Å². The van der Waals surface area contributed by atoms with Gasteiger partial charge in [-0.2, -0.15) is 0 Å². The van der Waals surface area contributed by atoms with Crippen molar-refractivity contribution < 1.29 is 4.43 Å². The summed E-state index contributed by atoms with van der Waals surface area (Å²) in [6.45, 7) is 10.9. The van der Waals surface area contributed by atoms with Gasteiger partial charge in [-0.25, -0.2) is 4.99 Å². The number of aryl methyl sites for hydroxylation is 1. The van der Waals surface area contributed by atoms with Crippen LogP contribution in [0.25, 0.3) is 0 Å². The molecule has 19 heavy (non-hydrogen) atoms. The summed E-state index contributed by atoms with van der Waals surface area (Å²) in [6.07, 6.45) is 4.52. The van der Waals surface area contributed by atoms with E-state index in [4.69, 9.17) is 4.43 Å². The lowest BCUT2D eigenvalue weighted by Gasteiger charge is -2.21. The van der Waals surface area contributed by atoms with E-state index >= 15 is 0 Å². The lowest BCUT2D eigenvalue weighted by atomic mass is 10.2. The summed E-state index contributed by atoms with van der Waals surface area (Å²) in [6, 6.07) is 6.23. The van der Waals surface area contributed by atoms with E-state index in [9.17, 15) is 0 Å². The highest BCUT2D eigenvalue weighted by Crippen LogP contribution is 2.30. The second-order valence-electron chi connectivity index (χ2n) is 6.17. The Labute approximate surface area is 117 Å². The van der Waals surface area contributed by atoms with Crippen LogP contribution in [0.2, 0.25) is 19.6 Å². The van der Waals surface area contributed by atoms with Gasteiger partial charge in [-0.1, -0.05) is 6.07 Å².